The van der Waals surface area contributed by atoms with Gasteiger partial charge in [-0.1, -0.05) is 24.3 Å². The van der Waals surface area contributed by atoms with Crippen molar-refractivity contribution in [3.63, 3.8) is 0 Å². The molecule has 0 bridgehead atoms. The van der Waals surface area contributed by atoms with E-state index in [4.69, 9.17) is 0 Å². The van der Waals surface area contributed by atoms with E-state index in [1.165, 1.54) is 0 Å². The first kappa shape index (κ1) is 9.59. The fraction of sp³-hybridized carbons (Fsp3) is 0.0769. The highest BCUT2D eigenvalue weighted by atomic mass is 16.1. The number of pyridine rings is 1. The Kier molecular flexibility index (Phi) is 2.88. The molecule has 0 aliphatic carbocycles. The molecule has 0 aliphatic heterocycles. The SMILES string of the molecule is O=CCc1cccc(-c2ccccn2)c1. The average Bonchev–Trinajstić information content (AvgIpc) is 2.31. The second-order valence-electron chi connectivity index (χ2n) is 3.29. The van der Waals surface area contributed by atoms with Gasteiger partial charge >= 0.3 is 0 Å². The molecule has 0 atom stereocenters. The third-order valence-corrected chi connectivity index (χ3v) is 2.21. The van der Waals surface area contributed by atoms with E-state index in [-0.39, 0.29) is 0 Å². The highest BCUT2D eigenvalue weighted by molar-refractivity contribution is 5.62. The van der Waals surface area contributed by atoms with Crippen molar-refractivity contribution in [2.24, 2.45) is 0 Å². The molecular weight excluding hydrogens is 186 g/mol. The standard InChI is InChI=1S/C13H11NO/c15-9-7-11-4-3-5-12(10-11)13-6-1-2-8-14-13/h1-6,8-10H,7H2. The predicted molar refractivity (Wildman–Crippen MR) is 59.4 cm³/mol. The van der Waals surface area contributed by atoms with Crippen LogP contribution in [0, 0.1) is 0 Å². The van der Waals surface area contributed by atoms with Gasteiger partial charge in [-0.25, -0.2) is 0 Å². The molecule has 0 spiro atoms. The average molecular weight is 197 g/mol. The Bertz CT molecular complexity index is 451. The van der Waals surface area contributed by atoms with Gasteiger partial charge in [0.1, 0.15) is 6.29 Å². The Morgan fingerprint density at radius 2 is 2.07 bits per heavy atom. The summed E-state index contributed by atoms with van der Waals surface area (Å²) in [5.41, 5.74) is 3.01. The van der Waals surface area contributed by atoms with Crippen LogP contribution < -0.4 is 0 Å². The molecule has 2 nitrogen and oxygen atoms in total. The number of carbonyl (C=O) groups excluding carboxylic acids is 1. The molecule has 1 aromatic heterocycles. The lowest BCUT2D eigenvalue weighted by molar-refractivity contribution is -0.107. The van der Waals surface area contributed by atoms with Gasteiger partial charge in [-0.2, -0.15) is 0 Å². The van der Waals surface area contributed by atoms with Gasteiger partial charge in [0.05, 0.1) is 5.69 Å². The summed E-state index contributed by atoms with van der Waals surface area (Å²) in [4.78, 5) is 14.7. The third-order valence-electron chi connectivity index (χ3n) is 2.21. The van der Waals surface area contributed by atoms with E-state index in [0.717, 1.165) is 23.1 Å². The molecule has 2 aromatic rings. The van der Waals surface area contributed by atoms with Crippen molar-refractivity contribution < 1.29 is 4.79 Å². The van der Waals surface area contributed by atoms with Crippen molar-refractivity contribution in [3.05, 3.63) is 54.2 Å². The molecule has 1 heterocycles. The molecule has 0 amide bonds. The molecular formula is C13H11NO. The van der Waals surface area contributed by atoms with Gasteiger partial charge in [-0.15, -0.1) is 0 Å². The van der Waals surface area contributed by atoms with Crippen LogP contribution in [-0.4, -0.2) is 11.3 Å². The molecule has 74 valence electrons. The zero-order valence-corrected chi connectivity index (χ0v) is 8.26. The smallest absolute Gasteiger partial charge is 0.124 e. The maximum Gasteiger partial charge on any atom is 0.124 e. The highest BCUT2D eigenvalue weighted by Gasteiger charge is 1.98. The summed E-state index contributed by atoms with van der Waals surface area (Å²) in [6.45, 7) is 0. The van der Waals surface area contributed by atoms with Crippen molar-refractivity contribution in [1.82, 2.24) is 4.98 Å². The van der Waals surface area contributed by atoms with E-state index in [0.29, 0.717) is 6.42 Å². The Morgan fingerprint density at radius 3 is 2.80 bits per heavy atom. The van der Waals surface area contributed by atoms with Crippen LogP contribution in [0.3, 0.4) is 0 Å². The van der Waals surface area contributed by atoms with Crippen LogP contribution in [0.25, 0.3) is 11.3 Å². The highest BCUT2D eigenvalue weighted by Crippen LogP contribution is 2.17. The first-order valence-electron chi connectivity index (χ1n) is 4.84. The van der Waals surface area contributed by atoms with E-state index >= 15 is 0 Å². The van der Waals surface area contributed by atoms with E-state index < -0.39 is 0 Å². The number of nitrogens with zero attached hydrogens (tertiary/aromatic N) is 1. The van der Waals surface area contributed by atoms with Crippen LogP contribution in [0.5, 0.6) is 0 Å². The lowest BCUT2D eigenvalue weighted by Gasteiger charge is -2.01. The second-order valence-corrected chi connectivity index (χ2v) is 3.29. The molecule has 0 radical (unpaired) electrons. The molecule has 2 heteroatoms. The number of aldehydes is 1. The minimum Gasteiger partial charge on any atom is -0.303 e. The van der Waals surface area contributed by atoms with Crippen molar-refractivity contribution in [1.29, 1.82) is 0 Å². The predicted octanol–water partition coefficient (Wildman–Crippen LogP) is 2.49. The van der Waals surface area contributed by atoms with Gasteiger partial charge in [0.25, 0.3) is 0 Å². The zero-order valence-electron chi connectivity index (χ0n) is 8.26. The van der Waals surface area contributed by atoms with Gasteiger partial charge < -0.3 is 4.79 Å². The third kappa shape index (κ3) is 2.29. The zero-order chi connectivity index (χ0) is 10.5. The van der Waals surface area contributed by atoms with Crippen molar-refractivity contribution in [2.75, 3.05) is 0 Å². The topological polar surface area (TPSA) is 30.0 Å². The summed E-state index contributed by atoms with van der Waals surface area (Å²) in [7, 11) is 0. The summed E-state index contributed by atoms with van der Waals surface area (Å²) in [6, 6.07) is 13.7. The lowest BCUT2D eigenvalue weighted by atomic mass is 10.1. The molecule has 15 heavy (non-hydrogen) atoms. The van der Waals surface area contributed by atoms with E-state index in [1.807, 2.05) is 42.5 Å². The fourth-order valence-corrected chi connectivity index (χ4v) is 1.49. The normalized spacial score (nSPS) is 9.87. The molecule has 0 N–H and O–H groups in total. The maximum absolute atomic E-state index is 10.4. The van der Waals surface area contributed by atoms with Gasteiger partial charge in [0.15, 0.2) is 0 Å². The van der Waals surface area contributed by atoms with Crippen LogP contribution in [0.15, 0.2) is 48.7 Å². The minimum atomic E-state index is 0.459. The number of rotatable bonds is 3. The van der Waals surface area contributed by atoms with Crippen LogP contribution in [0.4, 0.5) is 0 Å². The Balaban J connectivity index is 2.37. The van der Waals surface area contributed by atoms with Gasteiger partial charge in [0.2, 0.25) is 0 Å². The van der Waals surface area contributed by atoms with E-state index in [1.54, 1.807) is 6.20 Å². The largest absolute Gasteiger partial charge is 0.303 e. The monoisotopic (exact) mass is 197 g/mol. The summed E-state index contributed by atoms with van der Waals surface area (Å²) in [5, 5.41) is 0. The van der Waals surface area contributed by atoms with E-state index in [2.05, 4.69) is 4.98 Å². The van der Waals surface area contributed by atoms with Crippen molar-refractivity contribution in [2.45, 2.75) is 6.42 Å². The minimum absolute atomic E-state index is 0.459. The van der Waals surface area contributed by atoms with E-state index in [9.17, 15) is 4.79 Å². The number of hydrogen-bond acceptors (Lipinski definition) is 2. The molecule has 2 rings (SSSR count). The summed E-state index contributed by atoms with van der Waals surface area (Å²) < 4.78 is 0. The molecule has 1 aromatic carbocycles. The lowest BCUT2D eigenvalue weighted by Crippen LogP contribution is -1.87. The molecule has 0 saturated heterocycles. The second kappa shape index (κ2) is 4.51. The van der Waals surface area contributed by atoms with Crippen LogP contribution in [0.1, 0.15) is 5.56 Å². The first-order chi connectivity index (χ1) is 7.40. The maximum atomic E-state index is 10.4. The fourth-order valence-electron chi connectivity index (χ4n) is 1.49. The number of benzene rings is 1. The number of hydrogen-bond donors (Lipinski definition) is 0. The summed E-state index contributed by atoms with van der Waals surface area (Å²) in [5.74, 6) is 0. The van der Waals surface area contributed by atoms with Crippen LogP contribution >= 0.6 is 0 Å². The molecule has 0 aliphatic rings. The van der Waals surface area contributed by atoms with Crippen molar-refractivity contribution in [3.8, 4) is 11.3 Å². The van der Waals surface area contributed by atoms with Crippen molar-refractivity contribution >= 4 is 6.29 Å². The van der Waals surface area contributed by atoms with Gasteiger partial charge in [0, 0.05) is 18.2 Å². The Morgan fingerprint density at radius 1 is 1.13 bits per heavy atom. The Hall–Kier alpha value is -1.96. The van der Waals surface area contributed by atoms with Crippen LogP contribution in [0.2, 0.25) is 0 Å². The Labute approximate surface area is 88.6 Å². The molecule has 0 unspecified atom stereocenters. The van der Waals surface area contributed by atoms with Crippen LogP contribution in [-0.2, 0) is 11.2 Å². The molecule has 0 fully saturated rings. The first-order valence-corrected chi connectivity index (χ1v) is 4.84. The summed E-state index contributed by atoms with van der Waals surface area (Å²) >= 11 is 0. The number of aromatic nitrogens is 1. The number of carbonyl (C=O) groups is 1. The molecule has 0 saturated carbocycles. The van der Waals surface area contributed by atoms with Gasteiger partial charge in [-0.3, -0.25) is 4.98 Å². The summed E-state index contributed by atoms with van der Waals surface area (Å²) in [6.07, 6.45) is 3.14. The van der Waals surface area contributed by atoms with Gasteiger partial charge in [-0.05, 0) is 23.8 Å². The quantitative estimate of drug-likeness (QED) is 0.707.